The molecule has 2 atom stereocenters. The van der Waals surface area contributed by atoms with Gasteiger partial charge in [-0.1, -0.05) is 0 Å². The molecule has 0 aromatic heterocycles. The second-order valence-electron chi connectivity index (χ2n) is 2.33. The molecule has 1 aliphatic rings. The van der Waals surface area contributed by atoms with Gasteiger partial charge in [0, 0.05) is 29.1 Å². The number of hydrogen-bond acceptors (Lipinski definition) is 3. The first-order chi connectivity index (χ1) is 4.61. The van der Waals surface area contributed by atoms with Crippen LogP contribution in [-0.2, 0) is 4.79 Å². The van der Waals surface area contributed by atoms with E-state index in [-0.39, 0.29) is 0 Å². The van der Waals surface area contributed by atoms with Crippen LogP contribution in [0.2, 0.25) is 0 Å². The molecule has 0 aliphatic carbocycles. The summed E-state index contributed by atoms with van der Waals surface area (Å²) in [6.45, 7) is 0.386. The van der Waals surface area contributed by atoms with Crippen molar-refractivity contribution in [3.63, 3.8) is 0 Å². The molecule has 1 saturated heterocycles. The minimum Gasteiger partial charge on any atom is -0.480 e. The summed E-state index contributed by atoms with van der Waals surface area (Å²) < 4.78 is 1.46. The predicted octanol–water partition coefficient (Wildman–Crippen LogP) is -0.184. The van der Waals surface area contributed by atoms with Gasteiger partial charge in [-0.05, 0) is 0 Å². The van der Waals surface area contributed by atoms with Crippen molar-refractivity contribution in [3.05, 3.63) is 0 Å². The normalized spacial score (nSPS) is 34.6. The maximum atomic E-state index is 10.4. The van der Waals surface area contributed by atoms with E-state index >= 15 is 0 Å². The molecule has 0 saturated carbocycles. The van der Waals surface area contributed by atoms with E-state index in [1.165, 1.54) is 3.93 Å². The first-order valence-corrected chi connectivity index (χ1v) is 3.65. The number of halogens is 1. The molecular formula is C5H8BrNO3. The van der Waals surface area contributed by atoms with Gasteiger partial charge in [0.15, 0.2) is 0 Å². The number of aliphatic hydroxyl groups is 1. The molecule has 0 spiro atoms. The summed E-state index contributed by atoms with van der Waals surface area (Å²) in [6, 6.07) is -0.574. The summed E-state index contributed by atoms with van der Waals surface area (Å²) in [7, 11) is 0. The van der Waals surface area contributed by atoms with Crippen molar-refractivity contribution in [3.8, 4) is 0 Å². The summed E-state index contributed by atoms with van der Waals surface area (Å²) in [4.78, 5) is 10.4. The van der Waals surface area contributed by atoms with E-state index < -0.39 is 18.1 Å². The van der Waals surface area contributed by atoms with E-state index in [1.807, 2.05) is 0 Å². The van der Waals surface area contributed by atoms with Gasteiger partial charge in [-0.25, -0.2) is 3.93 Å². The molecule has 4 nitrogen and oxygen atoms in total. The average molecular weight is 210 g/mol. The number of hydrogen-bond donors (Lipinski definition) is 2. The highest BCUT2D eigenvalue weighted by molar-refractivity contribution is 9.07. The van der Waals surface area contributed by atoms with Crippen molar-refractivity contribution in [2.24, 2.45) is 0 Å². The molecule has 2 N–H and O–H groups in total. The lowest BCUT2D eigenvalue weighted by molar-refractivity contribution is -0.140. The van der Waals surface area contributed by atoms with Gasteiger partial charge in [-0.3, -0.25) is 4.79 Å². The van der Waals surface area contributed by atoms with Crippen LogP contribution in [0.25, 0.3) is 0 Å². The Labute approximate surface area is 66.8 Å². The molecule has 0 amide bonds. The van der Waals surface area contributed by atoms with Gasteiger partial charge in [0.25, 0.3) is 0 Å². The SMILES string of the molecule is O=C(O)[C@@H]1C[C@@H](O)CN1Br. The van der Waals surface area contributed by atoms with Gasteiger partial charge in [0.1, 0.15) is 6.04 Å². The largest absolute Gasteiger partial charge is 0.480 e. The number of rotatable bonds is 1. The third kappa shape index (κ3) is 1.47. The minimum atomic E-state index is -0.895. The van der Waals surface area contributed by atoms with Crippen LogP contribution in [0.5, 0.6) is 0 Å². The molecule has 0 unspecified atom stereocenters. The Hall–Kier alpha value is -0.130. The monoisotopic (exact) mass is 209 g/mol. The molecule has 10 heavy (non-hydrogen) atoms. The molecule has 0 aromatic rings. The standard InChI is InChI=1S/C5H8BrNO3/c6-7-2-3(8)1-4(7)5(9)10/h3-4,8H,1-2H2,(H,9,10)/t3-,4+/m1/s1. The van der Waals surface area contributed by atoms with Gasteiger partial charge in [0.05, 0.1) is 6.10 Å². The van der Waals surface area contributed by atoms with Crippen molar-refractivity contribution >= 4 is 22.1 Å². The van der Waals surface area contributed by atoms with Crippen LogP contribution in [0.3, 0.4) is 0 Å². The van der Waals surface area contributed by atoms with Gasteiger partial charge in [0.2, 0.25) is 0 Å². The molecule has 5 heteroatoms. The van der Waals surface area contributed by atoms with E-state index in [1.54, 1.807) is 0 Å². The number of carboxylic acid groups (broad SMARTS) is 1. The van der Waals surface area contributed by atoms with Gasteiger partial charge >= 0.3 is 5.97 Å². The van der Waals surface area contributed by atoms with Crippen molar-refractivity contribution < 1.29 is 15.0 Å². The second kappa shape index (κ2) is 2.86. The smallest absolute Gasteiger partial charge is 0.321 e. The summed E-state index contributed by atoms with van der Waals surface area (Å²) in [5, 5.41) is 17.5. The molecule has 1 rings (SSSR count). The highest BCUT2D eigenvalue weighted by Gasteiger charge is 2.34. The number of nitrogens with zero attached hydrogens (tertiary/aromatic N) is 1. The van der Waals surface area contributed by atoms with E-state index in [4.69, 9.17) is 10.2 Å². The van der Waals surface area contributed by atoms with Crippen LogP contribution < -0.4 is 0 Å². The van der Waals surface area contributed by atoms with Crippen molar-refractivity contribution in [1.29, 1.82) is 0 Å². The molecule has 0 bridgehead atoms. The highest BCUT2D eigenvalue weighted by Crippen LogP contribution is 2.20. The van der Waals surface area contributed by atoms with Gasteiger partial charge in [-0.15, -0.1) is 0 Å². The Balaban J connectivity index is 2.54. The minimum absolute atomic E-state index is 0.306. The Bertz CT molecular complexity index is 152. The van der Waals surface area contributed by atoms with Crippen molar-refractivity contribution in [2.45, 2.75) is 18.6 Å². The predicted molar refractivity (Wildman–Crippen MR) is 37.7 cm³/mol. The van der Waals surface area contributed by atoms with Crippen molar-refractivity contribution in [1.82, 2.24) is 3.93 Å². The molecule has 1 heterocycles. The number of aliphatic carboxylic acids is 1. The fourth-order valence-electron chi connectivity index (χ4n) is 0.996. The molecule has 0 aromatic carbocycles. The molecule has 1 fully saturated rings. The zero-order valence-corrected chi connectivity index (χ0v) is 6.78. The van der Waals surface area contributed by atoms with Crippen LogP contribution in [0.1, 0.15) is 6.42 Å². The maximum Gasteiger partial charge on any atom is 0.321 e. The lowest BCUT2D eigenvalue weighted by atomic mass is 10.2. The fraction of sp³-hybridized carbons (Fsp3) is 0.800. The average Bonchev–Trinajstić information content (AvgIpc) is 2.10. The Kier molecular flexibility index (Phi) is 2.28. The third-order valence-electron chi connectivity index (χ3n) is 1.50. The first kappa shape index (κ1) is 7.97. The van der Waals surface area contributed by atoms with E-state index in [2.05, 4.69) is 16.1 Å². The van der Waals surface area contributed by atoms with Crippen LogP contribution >= 0.6 is 16.1 Å². The van der Waals surface area contributed by atoms with Crippen molar-refractivity contribution in [2.75, 3.05) is 6.54 Å². The van der Waals surface area contributed by atoms with E-state index in [9.17, 15) is 4.79 Å². The Morgan fingerprint density at radius 2 is 2.30 bits per heavy atom. The number of aliphatic hydroxyl groups excluding tert-OH is 1. The van der Waals surface area contributed by atoms with Crippen LogP contribution in [0.4, 0.5) is 0 Å². The summed E-state index contributed by atoms with van der Waals surface area (Å²) in [6.07, 6.45) is -0.207. The summed E-state index contributed by atoms with van der Waals surface area (Å²) in [5.41, 5.74) is 0. The Morgan fingerprint density at radius 3 is 2.50 bits per heavy atom. The molecule has 1 aliphatic heterocycles. The lowest BCUT2D eigenvalue weighted by Crippen LogP contribution is -2.28. The lowest BCUT2D eigenvalue weighted by Gasteiger charge is -2.09. The molecular weight excluding hydrogens is 202 g/mol. The summed E-state index contributed by atoms with van der Waals surface area (Å²) >= 11 is 3.04. The molecule has 0 radical (unpaired) electrons. The van der Waals surface area contributed by atoms with Crippen LogP contribution in [0, 0.1) is 0 Å². The number of carboxylic acids is 1. The van der Waals surface area contributed by atoms with Gasteiger partial charge < -0.3 is 10.2 Å². The quantitative estimate of drug-likeness (QED) is 0.589. The molecule has 58 valence electrons. The number of carbonyl (C=O) groups is 1. The van der Waals surface area contributed by atoms with Gasteiger partial charge in [-0.2, -0.15) is 0 Å². The van der Waals surface area contributed by atoms with Crippen LogP contribution in [-0.4, -0.2) is 38.8 Å². The first-order valence-electron chi connectivity index (χ1n) is 2.94. The van der Waals surface area contributed by atoms with Crippen LogP contribution in [0.15, 0.2) is 0 Å². The Morgan fingerprint density at radius 1 is 1.70 bits per heavy atom. The topological polar surface area (TPSA) is 60.8 Å². The zero-order valence-electron chi connectivity index (χ0n) is 5.20. The van der Waals surface area contributed by atoms with E-state index in [0.717, 1.165) is 0 Å². The zero-order chi connectivity index (χ0) is 7.72. The summed E-state index contributed by atoms with van der Waals surface area (Å²) in [5.74, 6) is -0.895. The highest BCUT2D eigenvalue weighted by atomic mass is 79.9. The second-order valence-corrected chi connectivity index (χ2v) is 3.24. The maximum absolute atomic E-state index is 10.4. The number of β-amino-alcohol motifs (C(OH)–C–C–N with tert-alkyl or cyclic N) is 1. The van der Waals surface area contributed by atoms with E-state index in [0.29, 0.717) is 13.0 Å². The third-order valence-corrected chi connectivity index (χ3v) is 2.29. The fourth-order valence-corrected chi connectivity index (χ4v) is 1.67.